The van der Waals surface area contributed by atoms with E-state index in [0.717, 1.165) is 23.4 Å². The largest absolute Gasteiger partial charge is 0.444 e. The van der Waals surface area contributed by atoms with Crippen LogP contribution in [0.4, 0.5) is 4.79 Å². The highest BCUT2D eigenvalue weighted by molar-refractivity contribution is 5.68. The average Bonchev–Trinajstić information content (AvgIpc) is 2.70. The minimum absolute atomic E-state index is 0.310. The van der Waals surface area contributed by atoms with E-state index in [4.69, 9.17) is 15.0 Å². The number of fused-ring (bicyclic) bond motifs is 1. The van der Waals surface area contributed by atoms with Gasteiger partial charge in [-0.1, -0.05) is 5.16 Å². The molecular weight excluding hydrogens is 246 g/mol. The molecule has 0 fully saturated rings. The fraction of sp³-hybridized carbons (Fsp3) is 0.692. The van der Waals surface area contributed by atoms with E-state index in [1.807, 2.05) is 20.8 Å². The van der Waals surface area contributed by atoms with Gasteiger partial charge in [0.1, 0.15) is 5.60 Å². The molecule has 0 radical (unpaired) electrons. The molecule has 1 aliphatic rings. The Kier molecular flexibility index (Phi) is 3.80. The van der Waals surface area contributed by atoms with Crippen molar-refractivity contribution >= 4 is 6.09 Å². The molecule has 0 atom stereocenters. The van der Waals surface area contributed by atoms with Crippen molar-refractivity contribution in [1.82, 2.24) is 10.1 Å². The van der Waals surface area contributed by atoms with Crippen LogP contribution in [-0.2, 0) is 24.1 Å². The molecule has 0 bridgehead atoms. The second kappa shape index (κ2) is 5.21. The third kappa shape index (κ3) is 3.26. The zero-order valence-corrected chi connectivity index (χ0v) is 11.7. The number of aromatic nitrogens is 1. The monoisotopic (exact) mass is 267 g/mol. The summed E-state index contributed by atoms with van der Waals surface area (Å²) in [5.41, 5.74) is 7.07. The molecule has 19 heavy (non-hydrogen) atoms. The Balaban J connectivity index is 2.04. The SMILES string of the molecule is CC(C)(C)OC(=O)N1CCc2c(CCN)noc2C1. The Bertz CT molecular complexity index is 462. The van der Waals surface area contributed by atoms with Crippen molar-refractivity contribution in [2.45, 2.75) is 45.8 Å². The normalized spacial score (nSPS) is 15.3. The van der Waals surface area contributed by atoms with Crippen LogP contribution < -0.4 is 5.73 Å². The van der Waals surface area contributed by atoms with Gasteiger partial charge in [-0.3, -0.25) is 0 Å². The topological polar surface area (TPSA) is 81.6 Å². The molecule has 6 nitrogen and oxygen atoms in total. The first kappa shape index (κ1) is 13.9. The van der Waals surface area contributed by atoms with E-state index < -0.39 is 5.60 Å². The van der Waals surface area contributed by atoms with Crippen LogP contribution in [0.15, 0.2) is 4.52 Å². The van der Waals surface area contributed by atoms with Gasteiger partial charge in [0.25, 0.3) is 0 Å². The Hall–Kier alpha value is -1.56. The molecule has 0 saturated heterocycles. The summed E-state index contributed by atoms with van der Waals surface area (Å²) in [6.07, 6.45) is 1.15. The lowest BCUT2D eigenvalue weighted by Crippen LogP contribution is -2.39. The molecule has 2 N–H and O–H groups in total. The molecule has 1 aromatic heterocycles. The summed E-state index contributed by atoms with van der Waals surface area (Å²) in [4.78, 5) is 13.6. The molecule has 0 aromatic carbocycles. The van der Waals surface area contributed by atoms with E-state index in [1.165, 1.54) is 0 Å². The first-order valence-corrected chi connectivity index (χ1v) is 6.55. The van der Waals surface area contributed by atoms with Gasteiger partial charge >= 0.3 is 6.09 Å². The van der Waals surface area contributed by atoms with Gasteiger partial charge in [-0.15, -0.1) is 0 Å². The van der Waals surface area contributed by atoms with E-state index in [2.05, 4.69) is 5.16 Å². The Morgan fingerprint density at radius 3 is 2.89 bits per heavy atom. The number of hydrogen-bond acceptors (Lipinski definition) is 5. The van der Waals surface area contributed by atoms with Gasteiger partial charge in [-0.25, -0.2) is 4.79 Å². The lowest BCUT2D eigenvalue weighted by Gasteiger charge is -2.29. The summed E-state index contributed by atoms with van der Waals surface area (Å²) in [7, 11) is 0. The van der Waals surface area contributed by atoms with Crippen LogP contribution in [0.3, 0.4) is 0 Å². The molecule has 1 aromatic rings. The minimum Gasteiger partial charge on any atom is -0.444 e. The van der Waals surface area contributed by atoms with Crippen LogP contribution in [0.25, 0.3) is 0 Å². The third-order valence-electron chi connectivity index (χ3n) is 2.95. The van der Waals surface area contributed by atoms with Crippen molar-refractivity contribution in [2.24, 2.45) is 5.73 Å². The number of amides is 1. The maximum absolute atomic E-state index is 12.0. The van der Waals surface area contributed by atoms with Crippen LogP contribution in [0.1, 0.15) is 37.8 Å². The molecular formula is C13H21N3O3. The van der Waals surface area contributed by atoms with Crippen molar-refractivity contribution < 1.29 is 14.1 Å². The van der Waals surface area contributed by atoms with Crippen molar-refractivity contribution in [3.63, 3.8) is 0 Å². The molecule has 0 spiro atoms. The third-order valence-corrected chi connectivity index (χ3v) is 2.95. The van der Waals surface area contributed by atoms with E-state index in [9.17, 15) is 4.79 Å². The summed E-state index contributed by atoms with van der Waals surface area (Å²) in [6, 6.07) is 0. The number of nitrogens with two attached hydrogens (primary N) is 1. The quantitative estimate of drug-likeness (QED) is 0.877. The van der Waals surface area contributed by atoms with Crippen molar-refractivity contribution in [3.05, 3.63) is 17.0 Å². The predicted octanol–water partition coefficient (Wildman–Crippen LogP) is 1.47. The minimum atomic E-state index is -0.483. The van der Waals surface area contributed by atoms with Crippen molar-refractivity contribution in [1.29, 1.82) is 0 Å². The number of ether oxygens (including phenoxy) is 1. The second-order valence-electron chi connectivity index (χ2n) is 5.72. The van der Waals surface area contributed by atoms with Crippen molar-refractivity contribution in [3.8, 4) is 0 Å². The van der Waals surface area contributed by atoms with Gasteiger partial charge in [0.05, 0.1) is 12.2 Å². The lowest BCUT2D eigenvalue weighted by molar-refractivity contribution is 0.0205. The van der Waals surface area contributed by atoms with Gasteiger partial charge in [-0.2, -0.15) is 0 Å². The highest BCUT2D eigenvalue weighted by Crippen LogP contribution is 2.23. The smallest absolute Gasteiger partial charge is 0.410 e. The molecule has 2 heterocycles. The predicted molar refractivity (Wildman–Crippen MR) is 69.6 cm³/mol. The van der Waals surface area contributed by atoms with Gasteiger partial charge in [0.2, 0.25) is 0 Å². The summed E-state index contributed by atoms with van der Waals surface area (Å²) in [5.74, 6) is 0.751. The molecule has 1 aliphatic heterocycles. The molecule has 0 unspecified atom stereocenters. The Morgan fingerprint density at radius 2 is 2.26 bits per heavy atom. The van der Waals surface area contributed by atoms with Gasteiger partial charge in [-0.05, 0) is 33.7 Å². The lowest BCUT2D eigenvalue weighted by atomic mass is 10.0. The Morgan fingerprint density at radius 1 is 1.53 bits per heavy atom. The molecule has 2 rings (SSSR count). The van der Waals surface area contributed by atoms with E-state index in [0.29, 0.717) is 26.1 Å². The summed E-state index contributed by atoms with van der Waals surface area (Å²) in [5, 5.41) is 4.02. The fourth-order valence-electron chi connectivity index (χ4n) is 2.10. The number of carbonyl (C=O) groups excluding carboxylic acids is 1. The van der Waals surface area contributed by atoms with Crippen molar-refractivity contribution in [2.75, 3.05) is 13.1 Å². The zero-order chi connectivity index (χ0) is 14.0. The van der Waals surface area contributed by atoms with Crippen LogP contribution in [0.5, 0.6) is 0 Å². The van der Waals surface area contributed by atoms with Crippen LogP contribution in [0.2, 0.25) is 0 Å². The first-order valence-electron chi connectivity index (χ1n) is 6.55. The number of nitrogens with zero attached hydrogens (tertiary/aromatic N) is 2. The number of rotatable bonds is 2. The highest BCUT2D eigenvalue weighted by atomic mass is 16.6. The highest BCUT2D eigenvalue weighted by Gasteiger charge is 2.29. The van der Waals surface area contributed by atoms with E-state index >= 15 is 0 Å². The maximum atomic E-state index is 12.0. The standard InChI is InChI=1S/C13H21N3O3/c1-13(2,3)18-12(17)16-7-5-9-10(4-6-14)15-19-11(9)8-16/h4-8,14H2,1-3H3. The molecule has 6 heteroatoms. The first-order chi connectivity index (χ1) is 8.90. The molecule has 0 saturated carbocycles. The summed E-state index contributed by atoms with van der Waals surface area (Å²) >= 11 is 0. The van der Waals surface area contributed by atoms with Gasteiger partial charge < -0.3 is 19.9 Å². The van der Waals surface area contributed by atoms with Gasteiger partial charge in [0, 0.05) is 18.5 Å². The van der Waals surface area contributed by atoms with Crippen LogP contribution in [0, 0.1) is 0 Å². The van der Waals surface area contributed by atoms with E-state index in [1.54, 1.807) is 4.90 Å². The summed E-state index contributed by atoms with van der Waals surface area (Å²) in [6.45, 7) is 7.16. The number of carbonyl (C=O) groups is 1. The van der Waals surface area contributed by atoms with Crippen LogP contribution >= 0.6 is 0 Å². The molecule has 1 amide bonds. The zero-order valence-electron chi connectivity index (χ0n) is 11.7. The fourth-order valence-corrected chi connectivity index (χ4v) is 2.10. The van der Waals surface area contributed by atoms with Crippen LogP contribution in [-0.4, -0.2) is 34.8 Å². The second-order valence-corrected chi connectivity index (χ2v) is 5.72. The van der Waals surface area contributed by atoms with E-state index in [-0.39, 0.29) is 6.09 Å². The average molecular weight is 267 g/mol. The molecule has 0 aliphatic carbocycles. The summed E-state index contributed by atoms with van der Waals surface area (Å²) < 4.78 is 10.6. The molecule has 106 valence electrons. The van der Waals surface area contributed by atoms with Gasteiger partial charge in [0.15, 0.2) is 5.76 Å². The number of hydrogen-bond donors (Lipinski definition) is 1. The Labute approximate surface area is 112 Å². The maximum Gasteiger partial charge on any atom is 0.410 e.